The van der Waals surface area contributed by atoms with Crippen LogP contribution in [0.2, 0.25) is 0 Å². The molecule has 250 valence electrons. The van der Waals surface area contributed by atoms with E-state index in [9.17, 15) is 30.6 Å². The van der Waals surface area contributed by atoms with Crippen LogP contribution in [0.15, 0.2) is 0 Å². The van der Waals surface area contributed by atoms with Gasteiger partial charge in [0.25, 0.3) is 0 Å². The van der Waals surface area contributed by atoms with Gasteiger partial charge in [-0.3, -0.25) is 5.41 Å². The topological polar surface area (TPSA) is 320 Å². The zero-order valence-electron chi connectivity index (χ0n) is 24.1. The Balaban J connectivity index is 1.39. The van der Waals surface area contributed by atoms with Crippen LogP contribution in [-0.2, 0) is 23.7 Å². The van der Waals surface area contributed by atoms with Crippen molar-refractivity contribution >= 4 is 5.84 Å². The summed E-state index contributed by atoms with van der Waals surface area (Å²) in [7, 11) is 1.56. The summed E-state index contributed by atoms with van der Waals surface area (Å²) in [6.45, 7) is -0.137. The molecule has 18 heteroatoms. The molecular weight excluding hydrogens is 574 g/mol. The fourth-order valence-corrected chi connectivity index (χ4v) is 6.23. The van der Waals surface area contributed by atoms with Crippen LogP contribution in [0.4, 0.5) is 0 Å². The van der Waals surface area contributed by atoms with Gasteiger partial charge in [-0.05, 0) is 32.9 Å². The molecule has 4 fully saturated rings. The molecule has 0 spiro atoms. The highest BCUT2D eigenvalue weighted by atomic mass is 16.8. The molecule has 9 unspecified atom stereocenters. The second-order valence-electron chi connectivity index (χ2n) is 11.8. The van der Waals surface area contributed by atoms with Gasteiger partial charge in [0.2, 0.25) is 0 Å². The molecule has 0 radical (unpaired) electrons. The van der Waals surface area contributed by atoms with Gasteiger partial charge in [-0.25, -0.2) is 0 Å². The minimum Gasteiger partial charge on any atom is -0.394 e. The van der Waals surface area contributed by atoms with Gasteiger partial charge in [0.15, 0.2) is 18.9 Å². The van der Waals surface area contributed by atoms with Crippen molar-refractivity contribution in [3.63, 3.8) is 0 Å². The van der Waals surface area contributed by atoms with Gasteiger partial charge in [-0.2, -0.15) is 0 Å². The summed E-state index contributed by atoms with van der Waals surface area (Å²) in [5, 5.41) is 76.8. The molecule has 43 heavy (non-hydrogen) atoms. The van der Waals surface area contributed by atoms with E-state index in [4.69, 9.17) is 52.0 Å². The fraction of sp³-hybridized carbons (Fsp3) is 0.960. The van der Waals surface area contributed by atoms with E-state index in [1.54, 1.807) is 7.05 Å². The molecule has 3 aliphatic heterocycles. The highest BCUT2D eigenvalue weighted by Crippen LogP contribution is 2.35. The van der Waals surface area contributed by atoms with Crippen molar-refractivity contribution < 1.29 is 54.3 Å². The van der Waals surface area contributed by atoms with E-state index in [2.05, 4.69) is 10.6 Å². The van der Waals surface area contributed by atoms with Crippen LogP contribution < -0.4 is 33.6 Å². The Kier molecular flexibility index (Phi) is 12.1. The largest absolute Gasteiger partial charge is 0.394 e. The minimum atomic E-state index is -1.54. The van der Waals surface area contributed by atoms with Gasteiger partial charge < -0.3 is 87.9 Å². The molecule has 4 rings (SSSR count). The maximum atomic E-state index is 11.3. The van der Waals surface area contributed by atoms with Gasteiger partial charge in [-0.1, -0.05) is 0 Å². The SMILES string of the molecule is CNC1C(O[C@H]2OC(CO)[C@@H](NCCCC(=N)N)[C@H](O)C2O)O[C@H]2CC(N)[C@@H](O[C@@H]3C(N)C[C@@H](N)C(O)[C@H]3O)OC2C1O. The van der Waals surface area contributed by atoms with Crippen LogP contribution in [0.3, 0.4) is 0 Å². The molecule has 4 aliphatic rings. The van der Waals surface area contributed by atoms with Gasteiger partial charge in [0.05, 0.1) is 42.8 Å². The van der Waals surface area contributed by atoms with Gasteiger partial charge >= 0.3 is 0 Å². The third-order valence-corrected chi connectivity index (χ3v) is 8.69. The number of nitrogens with two attached hydrogens (primary N) is 4. The molecule has 3 saturated heterocycles. The van der Waals surface area contributed by atoms with Gasteiger partial charge in [-0.15, -0.1) is 0 Å². The molecule has 1 saturated carbocycles. The Morgan fingerprint density at radius 1 is 0.814 bits per heavy atom. The number of amidine groups is 1. The number of hydrogen-bond acceptors (Lipinski definition) is 17. The smallest absolute Gasteiger partial charge is 0.189 e. The average Bonchev–Trinajstić information content (AvgIpc) is 2.96. The van der Waals surface area contributed by atoms with Crippen molar-refractivity contribution in [2.75, 3.05) is 20.2 Å². The summed E-state index contributed by atoms with van der Waals surface area (Å²) in [5.41, 5.74) is 23.7. The first-order valence-electron chi connectivity index (χ1n) is 14.7. The molecule has 0 aromatic rings. The summed E-state index contributed by atoms with van der Waals surface area (Å²) >= 11 is 0. The maximum absolute atomic E-state index is 11.3. The van der Waals surface area contributed by atoms with Crippen molar-refractivity contribution in [3.05, 3.63) is 0 Å². The van der Waals surface area contributed by atoms with Crippen molar-refractivity contribution in [2.24, 2.45) is 22.9 Å². The van der Waals surface area contributed by atoms with E-state index in [0.717, 1.165) is 0 Å². The van der Waals surface area contributed by atoms with E-state index >= 15 is 0 Å². The summed E-state index contributed by atoms with van der Waals surface area (Å²) in [5.74, 6) is 0.0232. The lowest BCUT2D eigenvalue weighted by Gasteiger charge is -2.51. The molecule has 0 bridgehead atoms. The Bertz CT molecular complexity index is 910. The predicted octanol–water partition coefficient (Wildman–Crippen LogP) is -6.60. The van der Waals surface area contributed by atoms with Crippen molar-refractivity contribution in [3.8, 4) is 0 Å². The third kappa shape index (κ3) is 7.63. The van der Waals surface area contributed by atoms with Crippen LogP contribution in [-0.4, -0.2) is 161 Å². The van der Waals surface area contributed by atoms with E-state index in [0.29, 0.717) is 19.4 Å². The van der Waals surface area contributed by atoms with Crippen molar-refractivity contribution in [2.45, 2.75) is 130 Å². The maximum Gasteiger partial charge on any atom is 0.189 e. The molecule has 17 N–H and O–H groups in total. The first-order valence-corrected chi connectivity index (χ1v) is 14.7. The monoisotopic (exact) mass is 623 g/mol. The summed E-state index contributed by atoms with van der Waals surface area (Å²) in [6.07, 6.45) is -12.9. The van der Waals surface area contributed by atoms with Crippen LogP contribution in [0, 0.1) is 5.41 Å². The first-order chi connectivity index (χ1) is 20.4. The highest BCUT2D eigenvalue weighted by Gasteiger charge is 2.54. The Morgan fingerprint density at radius 3 is 2.19 bits per heavy atom. The van der Waals surface area contributed by atoms with E-state index in [1.165, 1.54) is 0 Å². The molecule has 0 aromatic heterocycles. The number of likely N-dealkylation sites (N-methyl/N-ethyl adjacent to an activating group) is 1. The van der Waals surface area contributed by atoms with Gasteiger partial charge in [0.1, 0.15) is 42.7 Å². The van der Waals surface area contributed by atoms with E-state index in [1.807, 2.05) is 0 Å². The van der Waals surface area contributed by atoms with Crippen molar-refractivity contribution in [1.29, 1.82) is 5.41 Å². The van der Waals surface area contributed by atoms with Crippen molar-refractivity contribution in [1.82, 2.24) is 10.6 Å². The van der Waals surface area contributed by atoms with E-state index in [-0.39, 0.29) is 18.7 Å². The third-order valence-electron chi connectivity index (χ3n) is 8.69. The van der Waals surface area contributed by atoms with Crippen LogP contribution in [0.5, 0.6) is 0 Å². The molecule has 3 heterocycles. The standard InChI is InChI=1S/C25H49N7O11/c1-31-15-18(36)22-11(6-10(28)23(42-22)41-21-9(27)5-8(26)16(34)19(21)37)39-24(15)43-25-20(38)17(35)14(12(7-33)40-25)32-4-2-3-13(29)30/h8-12,14-25,31-38H,2-7,26-28H2,1H3,(H3,29,30)/t8-,9?,10?,11+,12?,14-,15?,16?,17+,18?,19-,20?,21-,22?,23+,24?,25-/m1/s1. The zero-order valence-corrected chi connectivity index (χ0v) is 24.1. The minimum absolute atomic E-state index is 0.0232. The molecular formula is C25H49N7O11. The Labute approximate surface area is 249 Å². The number of ether oxygens (including phenoxy) is 5. The fourth-order valence-electron chi connectivity index (χ4n) is 6.23. The zero-order chi connectivity index (χ0) is 31.6. The number of hydrogen-bond donors (Lipinski definition) is 13. The first kappa shape index (κ1) is 34.7. The number of aliphatic hydroxyl groups is 6. The lowest BCUT2D eigenvalue weighted by Crippen LogP contribution is -2.70. The molecule has 18 nitrogen and oxygen atoms in total. The lowest BCUT2D eigenvalue weighted by atomic mass is 9.84. The molecule has 0 amide bonds. The van der Waals surface area contributed by atoms with E-state index < -0.39 is 111 Å². The number of fused-ring (bicyclic) bond motifs is 1. The lowest BCUT2D eigenvalue weighted by molar-refractivity contribution is -0.373. The van der Waals surface area contributed by atoms with Crippen LogP contribution in [0.1, 0.15) is 25.7 Å². The number of aliphatic hydroxyl groups excluding tert-OH is 6. The highest BCUT2D eigenvalue weighted by molar-refractivity contribution is 5.76. The quantitative estimate of drug-likeness (QED) is 0.0577. The molecule has 0 aromatic carbocycles. The second-order valence-corrected chi connectivity index (χ2v) is 11.8. The molecule has 17 atom stereocenters. The Hall–Kier alpha value is -1.17. The van der Waals surface area contributed by atoms with Gasteiger partial charge in [0, 0.05) is 18.5 Å². The second kappa shape index (κ2) is 14.9. The number of nitrogens with one attached hydrogen (secondary N) is 3. The summed E-state index contributed by atoms with van der Waals surface area (Å²) < 4.78 is 29.8. The molecule has 1 aliphatic carbocycles. The Morgan fingerprint density at radius 2 is 1.53 bits per heavy atom. The van der Waals surface area contributed by atoms with Crippen LogP contribution in [0.25, 0.3) is 0 Å². The number of rotatable bonds is 11. The summed E-state index contributed by atoms with van der Waals surface area (Å²) in [6, 6.07) is -3.91. The van der Waals surface area contributed by atoms with Crippen LogP contribution >= 0.6 is 0 Å². The summed E-state index contributed by atoms with van der Waals surface area (Å²) in [4.78, 5) is 0. The predicted molar refractivity (Wildman–Crippen MR) is 148 cm³/mol. The normalized spacial score (nSPS) is 48.9. The average molecular weight is 624 g/mol.